The van der Waals surface area contributed by atoms with Crippen LogP contribution in [0.1, 0.15) is 40.5 Å². The van der Waals surface area contributed by atoms with Crippen molar-refractivity contribution in [1.29, 1.82) is 0 Å². The lowest BCUT2D eigenvalue weighted by Crippen LogP contribution is -2.40. The lowest BCUT2D eigenvalue weighted by Gasteiger charge is -2.29. The Morgan fingerprint density at radius 1 is 1.13 bits per heavy atom. The number of carbonyl (C=O) groups is 1. The van der Waals surface area contributed by atoms with Gasteiger partial charge in [-0.15, -0.1) is 0 Å². The molecule has 0 unspecified atom stereocenters. The fourth-order valence-electron chi connectivity index (χ4n) is 5.48. The van der Waals surface area contributed by atoms with Crippen LogP contribution in [0.5, 0.6) is 0 Å². The molecule has 4 rings (SSSR count). The molecule has 2 atom stereocenters. The molecule has 0 bridgehead atoms. The van der Waals surface area contributed by atoms with Gasteiger partial charge in [-0.3, -0.25) is 9.59 Å². The summed E-state index contributed by atoms with van der Waals surface area (Å²) in [6.45, 7) is 10.6. The summed E-state index contributed by atoms with van der Waals surface area (Å²) in [6, 6.07) is 12.6. The molecule has 0 aliphatic carbocycles. The molecule has 2 aliphatic heterocycles. The van der Waals surface area contributed by atoms with E-state index in [1.54, 1.807) is 11.6 Å². The van der Waals surface area contributed by atoms with Gasteiger partial charge in [0, 0.05) is 44.3 Å². The maximum Gasteiger partial charge on any atom is 0.263 e. The predicted octanol–water partition coefficient (Wildman–Crippen LogP) is 3.03. The largest absolute Gasteiger partial charge is 0.337 e. The average Bonchev–Trinajstić information content (AvgIpc) is 3.25. The maximum absolute atomic E-state index is 13.4. The zero-order valence-electron chi connectivity index (χ0n) is 18.6. The van der Waals surface area contributed by atoms with Crippen molar-refractivity contribution in [3.8, 4) is 0 Å². The van der Waals surface area contributed by atoms with Gasteiger partial charge >= 0.3 is 0 Å². The Hall–Kier alpha value is -2.40. The second-order valence-corrected chi connectivity index (χ2v) is 9.27. The number of carbonyl (C=O) groups excluding carboxylic acids is 1. The summed E-state index contributed by atoms with van der Waals surface area (Å²) >= 11 is 0. The van der Waals surface area contributed by atoms with Crippen molar-refractivity contribution in [2.24, 2.45) is 18.4 Å². The van der Waals surface area contributed by atoms with Crippen LogP contribution in [0.15, 0.2) is 41.2 Å². The molecule has 2 fully saturated rings. The molecule has 2 aromatic rings. The number of aromatic nitrogens is 1. The van der Waals surface area contributed by atoms with E-state index in [-0.39, 0.29) is 16.9 Å². The molecule has 0 spiro atoms. The summed E-state index contributed by atoms with van der Waals surface area (Å²) in [7, 11) is 1.74. The summed E-state index contributed by atoms with van der Waals surface area (Å²) in [6.07, 6.45) is 2.11. The van der Waals surface area contributed by atoms with Crippen molar-refractivity contribution in [3.05, 3.63) is 69.1 Å². The predicted molar refractivity (Wildman–Crippen MR) is 120 cm³/mol. The van der Waals surface area contributed by atoms with Crippen molar-refractivity contribution < 1.29 is 4.79 Å². The van der Waals surface area contributed by atoms with Crippen LogP contribution in [-0.2, 0) is 13.5 Å². The minimum Gasteiger partial charge on any atom is -0.337 e. The number of fused-ring (bicyclic) bond motifs is 1. The summed E-state index contributed by atoms with van der Waals surface area (Å²) < 4.78 is 1.58. The molecule has 1 amide bonds. The molecule has 1 aromatic carbocycles. The quantitative estimate of drug-likeness (QED) is 0.765. The van der Waals surface area contributed by atoms with Gasteiger partial charge in [0.05, 0.1) is 0 Å². The summed E-state index contributed by atoms with van der Waals surface area (Å²) in [5.41, 5.74) is 3.30. The molecule has 0 saturated carbocycles. The maximum atomic E-state index is 13.4. The summed E-state index contributed by atoms with van der Waals surface area (Å²) in [5, 5.41) is 0. The number of hydrogen-bond acceptors (Lipinski definition) is 3. The van der Waals surface area contributed by atoms with Crippen molar-refractivity contribution in [3.63, 3.8) is 0 Å². The molecular formula is C25H33N3O2. The van der Waals surface area contributed by atoms with Crippen molar-refractivity contribution in [1.82, 2.24) is 14.4 Å². The van der Waals surface area contributed by atoms with Crippen LogP contribution < -0.4 is 5.56 Å². The van der Waals surface area contributed by atoms with Crippen LogP contribution >= 0.6 is 0 Å². The summed E-state index contributed by atoms with van der Waals surface area (Å²) in [4.78, 5) is 30.8. The third-order valence-electron chi connectivity index (χ3n) is 7.40. The van der Waals surface area contributed by atoms with Gasteiger partial charge in [-0.25, -0.2) is 0 Å². The Kier molecular flexibility index (Phi) is 5.58. The monoisotopic (exact) mass is 407 g/mol. The molecule has 5 nitrogen and oxygen atoms in total. The zero-order chi connectivity index (χ0) is 21.5. The Labute approximate surface area is 179 Å². The number of aryl methyl sites for hydroxylation is 3. The topological polar surface area (TPSA) is 45.5 Å². The Morgan fingerprint density at radius 2 is 1.87 bits per heavy atom. The molecule has 160 valence electrons. The van der Waals surface area contributed by atoms with E-state index >= 15 is 0 Å². The molecule has 5 heteroatoms. The van der Waals surface area contributed by atoms with E-state index in [2.05, 4.69) is 42.2 Å². The first-order valence-electron chi connectivity index (χ1n) is 11.1. The van der Waals surface area contributed by atoms with Crippen LogP contribution in [-0.4, -0.2) is 53.0 Å². The molecule has 2 aliphatic rings. The van der Waals surface area contributed by atoms with Crippen LogP contribution in [0, 0.1) is 25.2 Å². The van der Waals surface area contributed by atoms with E-state index in [0.717, 1.165) is 56.8 Å². The van der Waals surface area contributed by atoms with Gasteiger partial charge in [-0.2, -0.15) is 0 Å². The smallest absolute Gasteiger partial charge is 0.263 e. The Morgan fingerprint density at radius 3 is 2.57 bits per heavy atom. The Bertz CT molecular complexity index is 997. The highest BCUT2D eigenvalue weighted by molar-refractivity contribution is 5.95. The van der Waals surface area contributed by atoms with Crippen LogP contribution in [0.25, 0.3) is 0 Å². The average molecular weight is 408 g/mol. The van der Waals surface area contributed by atoms with Crippen LogP contribution in [0.2, 0.25) is 0 Å². The number of likely N-dealkylation sites (tertiary alicyclic amines) is 2. The molecule has 0 radical (unpaired) electrons. The fraction of sp³-hybridized carbons (Fsp3) is 0.520. The number of nitrogens with zero attached hydrogens (tertiary/aromatic N) is 3. The highest BCUT2D eigenvalue weighted by Crippen LogP contribution is 2.46. The minimum atomic E-state index is -0.178. The number of rotatable bonds is 5. The van der Waals surface area contributed by atoms with E-state index in [0.29, 0.717) is 11.5 Å². The van der Waals surface area contributed by atoms with Crippen LogP contribution in [0.3, 0.4) is 0 Å². The first-order valence-corrected chi connectivity index (χ1v) is 11.1. The van der Waals surface area contributed by atoms with Gasteiger partial charge in [0.2, 0.25) is 0 Å². The first kappa shape index (κ1) is 20.9. The standard InChI is InChI=1S/C25H33N3O2/c1-5-27-14-21-15-28(24(30)22-18(2)13-19(3)26(4)23(22)29)17-25(21,16-27)12-11-20-9-7-6-8-10-20/h6-10,13,21H,5,11-12,14-17H2,1-4H3/t21-,25+/m0/s1. The number of benzene rings is 1. The van der Waals surface area contributed by atoms with E-state index in [1.165, 1.54) is 5.56 Å². The van der Waals surface area contributed by atoms with Gasteiger partial charge in [-0.05, 0) is 56.3 Å². The second kappa shape index (κ2) is 8.03. The van der Waals surface area contributed by atoms with E-state index in [1.807, 2.05) is 24.8 Å². The van der Waals surface area contributed by atoms with Crippen molar-refractivity contribution in [2.75, 3.05) is 32.7 Å². The number of pyridine rings is 1. The first-order chi connectivity index (χ1) is 14.3. The third-order valence-corrected chi connectivity index (χ3v) is 7.40. The molecule has 30 heavy (non-hydrogen) atoms. The number of amides is 1. The summed E-state index contributed by atoms with van der Waals surface area (Å²) in [5.74, 6) is 0.379. The van der Waals surface area contributed by atoms with Gasteiger partial charge in [0.15, 0.2) is 0 Å². The number of hydrogen-bond donors (Lipinski definition) is 0. The zero-order valence-corrected chi connectivity index (χ0v) is 18.6. The highest BCUT2D eigenvalue weighted by Gasteiger charge is 2.52. The fourth-order valence-corrected chi connectivity index (χ4v) is 5.48. The lowest BCUT2D eigenvalue weighted by molar-refractivity contribution is 0.0754. The molecule has 2 saturated heterocycles. The molecule has 1 aromatic heterocycles. The third kappa shape index (κ3) is 3.60. The molecule has 0 N–H and O–H groups in total. The highest BCUT2D eigenvalue weighted by atomic mass is 16.2. The minimum absolute atomic E-state index is 0.0929. The van der Waals surface area contributed by atoms with E-state index in [4.69, 9.17) is 0 Å². The molecule has 3 heterocycles. The second-order valence-electron chi connectivity index (χ2n) is 9.27. The SMILES string of the molecule is CCN1C[C@H]2CN(C(=O)c3c(C)cc(C)n(C)c3=O)C[C@@]2(CCc2ccccc2)C1. The van der Waals surface area contributed by atoms with Gasteiger partial charge in [0.1, 0.15) is 5.56 Å². The lowest BCUT2D eigenvalue weighted by atomic mass is 9.76. The van der Waals surface area contributed by atoms with Gasteiger partial charge in [-0.1, -0.05) is 37.3 Å². The van der Waals surface area contributed by atoms with E-state index < -0.39 is 0 Å². The Balaban J connectivity index is 1.59. The van der Waals surface area contributed by atoms with E-state index in [9.17, 15) is 9.59 Å². The normalized spacial score (nSPS) is 23.7. The van der Waals surface area contributed by atoms with Crippen molar-refractivity contribution >= 4 is 5.91 Å². The molecular weight excluding hydrogens is 374 g/mol. The van der Waals surface area contributed by atoms with Crippen molar-refractivity contribution in [2.45, 2.75) is 33.6 Å². The van der Waals surface area contributed by atoms with Gasteiger partial charge in [0.25, 0.3) is 11.5 Å². The van der Waals surface area contributed by atoms with Gasteiger partial charge < -0.3 is 14.4 Å². The van der Waals surface area contributed by atoms with Crippen LogP contribution in [0.4, 0.5) is 0 Å².